The highest BCUT2D eigenvalue weighted by Crippen LogP contribution is 2.33. The number of ether oxygens (including phenoxy) is 1. The van der Waals surface area contributed by atoms with Gasteiger partial charge >= 0.3 is 6.36 Å². The highest BCUT2D eigenvalue weighted by atomic mass is 32.2. The number of thioether (sulfide) groups is 1. The fourth-order valence-corrected chi connectivity index (χ4v) is 5.30. The summed E-state index contributed by atoms with van der Waals surface area (Å²) in [7, 11) is 0. The first-order valence-corrected chi connectivity index (χ1v) is 14.5. The zero-order valence-electron chi connectivity index (χ0n) is 23.7. The van der Waals surface area contributed by atoms with Crippen LogP contribution in [0.5, 0.6) is 5.75 Å². The fourth-order valence-electron chi connectivity index (χ4n) is 4.48. The van der Waals surface area contributed by atoms with Crippen molar-refractivity contribution in [3.05, 3.63) is 101 Å². The molecular formula is C31H29F3N6O2S. The number of amidine groups is 1. The summed E-state index contributed by atoms with van der Waals surface area (Å²) >= 11 is 1.37. The molecule has 0 unspecified atom stereocenters. The Hall–Kier alpha value is -4.58. The molecule has 0 radical (unpaired) electrons. The first kappa shape index (κ1) is 29.9. The van der Waals surface area contributed by atoms with Gasteiger partial charge in [-0.3, -0.25) is 9.69 Å². The van der Waals surface area contributed by atoms with Crippen molar-refractivity contribution in [2.24, 2.45) is 10.2 Å². The van der Waals surface area contributed by atoms with Crippen LogP contribution in [0.3, 0.4) is 0 Å². The Balaban J connectivity index is 1.22. The molecule has 5 rings (SSSR count). The topological polar surface area (TPSA) is 84.1 Å². The average Bonchev–Trinajstić information content (AvgIpc) is 3.53. The van der Waals surface area contributed by atoms with Gasteiger partial charge in [-0.2, -0.15) is 10.2 Å². The summed E-state index contributed by atoms with van der Waals surface area (Å²) < 4.78 is 42.8. The van der Waals surface area contributed by atoms with Crippen LogP contribution in [0.2, 0.25) is 0 Å². The van der Waals surface area contributed by atoms with E-state index in [4.69, 9.17) is 0 Å². The van der Waals surface area contributed by atoms with Crippen molar-refractivity contribution in [1.29, 1.82) is 0 Å². The molecule has 3 aromatic carbocycles. The van der Waals surface area contributed by atoms with Gasteiger partial charge in [0, 0.05) is 6.54 Å². The maximum absolute atomic E-state index is 12.7. The Bertz CT molecular complexity index is 1650. The summed E-state index contributed by atoms with van der Waals surface area (Å²) in [5, 5.41) is 17.0. The van der Waals surface area contributed by atoms with Crippen LogP contribution in [0.15, 0.2) is 89.2 Å². The number of hydrogen-bond donors (Lipinski definition) is 1. The fraction of sp³-hybridized carbons (Fsp3) is 0.226. The number of nitrogens with zero attached hydrogens (tertiary/aromatic N) is 5. The van der Waals surface area contributed by atoms with Gasteiger partial charge in [-0.15, -0.1) is 18.3 Å². The molecule has 1 aliphatic heterocycles. The normalized spacial score (nSPS) is 14.8. The van der Waals surface area contributed by atoms with Gasteiger partial charge in [0.1, 0.15) is 5.75 Å². The molecule has 43 heavy (non-hydrogen) atoms. The number of alkyl halides is 3. The largest absolute Gasteiger partial charge is 0.573 e. The van der Waals surface area contributed by atoms with Crippen LogP contribution in [0.1, 0.15) is 42.1 Å². The van der Waals surface area contributed by atoms with Crippen LogP contribution in [-0.4, -0.2) is 39.2 Å². The van der Waals surface area contributed by atoms with Gasteiger partial charge in [0.2, 0.25) is 5.91 Å². The molecule has 1 N–H and O–H groups in total. The smallest absolute Gasteiger partial charge is 0.406 e. The monoisotopic (exact) mass is 606 g/mol. The van der Waals surface area contributed by atoms with Crippen molar-refractivity contribution in [1.82, 2.24) is 9.78 Å². The number of amides is 1. The Morgan fingerprint density at radius 3 is 2.49 bits per heavy atom. The van der Waals surface area contributed by atoms with Gasteiger partial charge in [0.05, 0.1) is 40.9 Å². The molecule has 0 aliphatic carbocycles. The van der Waals surface area contributed by atoms with E-state index in [1.807, 2.05) is 61.7 Å². The predicted octanol–water partition coefficient (Wildman–Crippen LogP) is 7.28. The Morgan fingerprint density at radius 1 is 1.07 bits per heavy atom. The molecular weight excluding hydrogens is 577 g/mol. The number of aryl methyl sites for hydroxylation is 1. The molecule has 0 spiro atoms. The van der Waals surface area contributed by atoms with E-state index in [-0.39, 0.29) is 17.6 Å². The molecule has 1 aliphatic rings. The predicted molar refractivity (Wildman–Crippen MR) is 164 cm³/mol. The van der Waals surface area contributed by atoms with Crippen molar-refractivity contribution >= 4 is 40.4 Å². The second kappa shape index (κ2) is 12.7. The van der Waals surface area contributed by atoms with Crippen molar-refractivity contribution in [3.63, 3.8) is 0 Å². The molecule has 12 heteroatoms. The summed E-state index contributed by atoms with van der Waals surface area (Å²) in [4.78, 5) is 14.3. The van der Waals surface area contributed by atoms with E-state index in [0.29, 0.717) is 17.5 Å². The highest BCUT2D eigenvalue weighted by molar-refractivity contribution is 8.15. The quantitative estimate of drug-likeness (QED) is 0.160. The van der Waals surface area contributed by atoms with Gasteiger partial charge in [0.15, 0.2) is 5.17 Å². The molecule has 4 aromatic rings. The van der Waals surface area contributed by atoms with E-state index < -0.39 is 6.36 Å². The molecule has 0 atom stereocenters. The van der Waals surface area contributed by atoms with E-state index in [0.717, 1.165) is 39.4 Å². The van der Waals surface area contributed by atoms with Crippen LogP contribution in [0, 0.1) is 6.92 Å². The first-order valence-electron chi connectivity index (χ1n) is 13.5. The van der Waals surface area contributed by atoms with Gasteiger partial charge in [-0.25, -0.2) is 4.68 Å². The number of halogens is 3. The molecule has 1 aromatic heterocycles. The first-order chi connectivity index (χ1) is 20.6. The number of aromatic nitrogens is 2. The molecule has 1 fully saturated rings. The van der Waals surface area contributed by atoms with Crippen molar-refractivity contribution in [2.45, 2.75) is 39.6 Å². The number of carbonyl (C=O) groups excluding carboxylic acids is 1. The van der Waals surface area contributed by atoms with E-state index in [1.165, 1.54) is 23.9 Å². The number of rotatable bonds is 9. The van der Waals surface area contributed by atoms with Crippen molar-refractivity contribution in [2.75, 3.05) is 16.0 Å². The molecule has 1 amide bonds. The summed E-state index contributed by atoms with van der Waals surface area (Å²) in [6.45, 7) is 6.46. The maximum atomic E-state index is 12.7. The van der Waals surface area contributed by atoms with E-state index in [9.17, 15) is 18.0 Å². The van der Waals surface area contributed by atoms with Gasteiger partial charge < -0.3 is 10.1 Å². The molecule has 1 saturated heterocycles. The summed E-state index contributed by atoms with van der Waals surface area (Å²) in [6.07, 6.45) is -1.23. The lowest BCUT2D eigenvalue weighted by molar-refractivity contribution is -0.274. The Labute approximate surface area is 251 Å². The third-order valence-electron chi connectivity index (χ3n) is 6.61. The van der Waals surface area contributed by atoms with E-state index >= 15 is 0 Å². The van der Waals surface area contributed by atoms with Crippen molar-refractivity contribution in [3.8, 4) is 11.4 Å². The Kier molecular flexibility index (Phi) is 8.86. The molecule has 0 bridgehead atoms. The third-order valence-corrected chi connectivity index (χ3v) is 7.53. The number of para-hydroxylation sites is 1. The highest BCUT2D eigenvalue weighted by Gasteiger charge is 2.32. The number of carbonyl (C=O) groups is 1. The third kappa shape index (κ3) is 7.44. The van der Waals surface area contributed by atoms with Crippen molar-refractivity contribution < 1.29 is 22.7 Å². The van der Waals surface area contributed by atoms with Crippen LogP contribution in [0.4, 0.5) is 24.5 Å². The van der Waals surface area contributed by atoms with Gasteiger partial charge in [-0.05, 0) is 59.9 Å². The summed E-state index contributed by atoms with van der Waals surface area (Å²) in [5.74, 6) is 0.292. The minimum absolute atomic E-state index is 0.0202. The van der Waals surface area contributed by atoms with E-state index in [2.05, 4.69) is 39.2 Å². The second-order valence-electron chi connectivity index (χ2n) is 10.1. The maximum Gasteiger partial charge on any atom is 0.573 e. The minimum atomic E-state index is -4.72. The SMILES string of the molecule is Cc1nn(-c2ccc(/C=N/N=C3\SCC(=O)N3c3ccccc3C(C)C)cc2)cc1NCc1ccc(OC(F)(F)F)cc1. The summed E-state index contributed by atoms with van der Waals surface area (Å²) in [6, 6.07) is 21.2. The van der Waals surface area contributed by atoms with Crippen LogP contribution < -0.4 is 15.0 Å². The van der Waals surface area contributed by atoms with Gasteiger partial charge in [0.25, 0.3) is 0 Å². The molecule has 0 saturated carbocycles. The van der Waals surface area contributed by atoms with Crippen LogP contribution >= 0.6 is 11.8 Å². The second-order valence-corrected chi connectivity index (χ2v) is 11.0. The lowest BCUT2D eigenvalue weighted by Gasteiger charge is -2.20. The standard InChI is InChI=1S/C31H29F3N6O2S/c1-20(2)26-6-4-5-7-28(26)40-29(41)19-43-30(40)37-36-17-23-8-12-24(13-9-23)39-18-27(21(3)38-39)35-16-22-10-14-25(15-11-22)42-31(32,33)34/h4-15,17-18,20,35H,16,19H2,1-3H3/b36-17+,37-30-. The number of nitrogens with one attached hydrogen (secondary N) is 1. The zero-order chi connectivity index (χ0) is 30.6. The average molecular weight is 607 g/mol. The van der Waals surface area contributed by atoms with Crippen LogP contribution in [0.25, 0.3) is 5.69 Å². The lowest BCUT2D eigenvalue weighted by atomic mass is 10.0. The molecule has 8 nitrogen and oxygen atoms in total. The van der Waals surface area contributed by atoms with E-state index in [1.54, 1.807) is 27.9 Å². The summed E-state index contributed by atoms with van der Waals surface area (Å²) in [5.41, 5.74) is 5.93. The molecule has 2 heterocycles. The van der Waals surface area contributed by atoms with Gasteiger partial charge in [-0.1, -0.05) is 68.1 Å². The number of anilines is 2. The lowest BCUT2D eigenvalue weighted by Crippen LogP contribution is -2.30. The van der Waals surface area contributed by atoms with Crippen LogP contribution in [-0.2, 0) is 11.3 Å². The Morgan fingerprint density at radius 2 is 1.79 bits per heavy atom. The zero-order valence-corrected chi connectivity index (χ0v) is 24.5. The number of hydrogen-bond acceptors (Lipinski definition) is 7. The number of benzene rings is 3. The molecule has 222 valence electrons. The minimum Gasteiger partial charge on any atom is -0.406 e.